The summed E-state index contributed by atoms with van der Waals surface area (Å²) in [6.07, 6.45) is 1.75. The van der Waals surface area contributed by atoms with Crippen molar-refractivity contribution in [3.63, 3.8) is 0 Å². The van der Waals surface area contributed by atoms with Gasteiger partial charge in [-0.2, -0.15) is 0 Å². The number of hydrogen-bond acceptors (Lipinski definition) is 3. The van der Waals surface area contributed by atoms with Crippen molar-refractivity contribution in [1.82, 2.24) is 0 Å². The second kappa shape index (κ2) is 8.10. The van der Waals surface area contributed by atoms with Gasteiger partial charge in [0, 0.05) is 6.42 Å². The molecular formula is C11H20O5. The molecule has 0 aromatic carbocycles. The summed E-state index contributed by atoms with van der Waals surface area (Å²) in [5.74, 6) is -2.35. The van der Waals surface area contributed by atoms with Crippen LogP contribution in [-0.4, -0.2) is 33.4 Å². The summed E-state index contributed by atoms with van der Waals surface area (Å²) < 4.78 is 0. The molecule has 0 aromatic heterocycles. The monoisotopic (exact) mass is 232 g/mol. The molecule has 0 rings (SSSR count). The van der Waals surface area contributed by atoms with Crippen LogP contribution < -0.4 is 0 Å². The number of aliphatic hydroxyl groups excluding tert-OH is 1. The number of hydrogen-bond donors (Lipinski definition) is 3. The maximum Gasteiger partial charge on any atom is 0.306 e. The van der Waals surface area contributed by atoms with E-state index in [1.165, 1.54) is 0 Å². The Bertz CT molecular complexity index is 226. The minimum Gasteiger partial charge on any atom is -0.481 e. The van der Waals surface area contributed by atoms with Crippen LogP contribution in [0.4, 0.5) is 0 Å². The third-order valence-corrected chi connectivity index (χ3v) is 2.61. The van der Waals surface area contributed by atoms with E-state index in [1.807, 2.05) is 6.92 Å². The highest BCUT2D eigenvalue weighted by Crippen LogP contribution is 2.17. The number of aliphatic carboxylic acids is 2. The van der Waals surface area contributed by atoms with Gasteiger partial charge in [-0.1, -0.05) is 6.92 Å². The SMILES string of the molecule is CCC(O)CCC(CCCC(=O)O)C(=O)O. The topological polar surface area (TPSA) is 94.8 Å². The van der Waals surface area contributed by atoms with Crippen molar-refractivity contribution in [2.24, 2.45) is 5.92 Å². The Labute approximate surface area is 95.1 Å². The number of rotatable bonds is 9. The zero-order valence-corrected chi connectivity index (χ0v) is 9.56. The van der Waals surface area contributed by atoms with Crippen LogP contribution in [0.15, 0.2) is 0 Å². The number of carbonyl (C=O) groups is 2. The first-order valence-corrected chi connectivity index (χ1v) is 5.60. The van der Waals surface area contributed by atoms with Crippen molar-refractivity contribution >= 4 is 11.9 Å². The Morgan fingerprint density at radius 1 is 1.12 bits per heavy atom. The van der Waals surface area contributed by atoms with Crippen molar-refractivity contribution in [2.45, 2.75) is 51.6 Å². The van der Waals surface area contributed by atoms with Crippen molar-refractivity contribution in [3.05, 3.63) is 0 Å². The molecule has 0 bridgehead atoms. The summed E-state index contributed by atoms with van der Waals surface area (Å²) in [4.78, 5) is 21.1. The normalized spacial score (nSPS) is 14.4. The molecule has 3 N–H and O–H groups in total. The maximum atomic E-state index is 10.8. The molecule has 94 valence electrons. The predicted molar refractivity (Wildman–Crippen MR) is 58.1 cm³/mol. The molecule has 0 saturated carbocycles. The first kappa shape index (κ1) is 14.9. The van der Waals surface area contributed by atoms with Gasteiger partial charge in [0.2, 0.25) is 0 Å². The van der Waals surface area contributed by atoms with E-state index in [-0.39, 0.29) is 6.42 Å². The second-order valence-electron chi connectivity index (χ2n) is 3.96. The Balaban J connectivity index is 3.89. The molecule has 0 amide bonds. The highest BCUT2D eigenvalue weighted by molar-refractivity contribution is 5.70. The lowest BCUT2D eigenvalue weighted by atomic mass is 9.95. The fourth-order valence-electron chi connectivity index (χ4n) is 1.49. The third-order valence-electron chi connectivity index (χ3n) is 2.61. The molecule has 0 fully saturated rings. The zero-order valence-electron chi connectivity index (χ0n) is 9.56. The van der Waals surface area contributed by atoms with Crippen LogP contribution in [0, 0.1) is 5.92 Å². The molecule has 2 unspecified atom stereocenters. The van der Waals surface area contributed by atoms with Gasteiger partial charge >= 0.3 is 11.9 Å². The van der Waals surface area contributed by atoms with E-state index in [4.69, 9.17) is 10.2 Å². The van der Waals surface area contributed by atoms with Crippen molar-refractivity contribution < 1.29 is 24.9 Å². The van der Waals surface area contributed by atoms with Gasteiger partial charge in [0.1, 0.15) is 0 Å². The Morgan fingerprint density at radius 3 is 2.19 bits per heavy atom. The maximum absolute atomic E-state index is 10.8. The summed E-state index contributed by atoms with van der Waals surface area (Å²) in [6.45, 7) is 1.84. The number of carboxylic acid groups (broad SMARTS) is 2. The van der Waals surface area contributed by atoms with Crippen molar-refractivity contribution in [2.75, 3.05) is 0 Å². The van der Waals surface area contributed by atoms with Crippen LogP contribution in [0.1, 0.15) is 45.4 Å². The van der Waals surface area contributed by atoms with Gasteiger partial charge in [-0.3, -0.25) is 9.59 Å². The fourth-order valence-corrected chi connectivity index (χ4v) is 1.49. The summed E-state index contributed by atoms with van der Waals surface area (Å²) in [5, 5.41) is 26.6. The highest BCUT2D eigenvalue weighted by Gasteiger charge is 2.18. The van der Waals surface area contributed by atoms with Crippen LogP contribution in [-0.2, 0) is 9.59 Å². The van der Waals surface area contributed by atoms with Crippen LogP contribution in [0.5, 0.6) is 0 Å². The largest absolute Gasteiger partial charge is 0.481 e. The summed E-state index contributed by atoms with van der Waals surface area (Å²) in [5.41, 5.74) is 0. The lowest BCUT2D eigenvalue weighted by Gasteiger charge is -2.13. The standard InChI is InChI=1S/C11H20O5/c1-2-9(12)7-6-8(11(15)16)4-3-5-10(13)14/h8-9,12H,2-7H2,1H3,(H,13,14)(H,15,16). The summed E-state index contributed by atoms with van der Waals surface area (Å²) >= 11 is 0. The lowest BCUT2D eigenvalue weighted by Crippen LogP contribution is -2.17. The van der Waals surface area contributed by atoms with E-state index in [2.05, 4.69) is 0 Å². The van der Waals surface area contributed by atoms with Gasteiger partial charge < -0.3 is 15.3 Å². The number of carboxylic acids is 2. The molecule has 0 aliphatic heterocycles. The minimum atomic E-state index is -0.909. The average Bonchev–Trinajstić information content (AvgIpc) is 2.21. The first-order valence-electron chi connectivity index (χ1n) is 5.60. The van der Waals surface area contributed by atoms with Gasteiger partial charge in [-0.05, 0) is 32.1 Å². The average molecular weight is 232 g/mol. The minimum absolute atomic E-state index is 0.000110. The smallest absolute Gasteiger partial charge is 0.306 e. The van der Waals surface area contributed by atoms with E-state index in [0.29, 0.717) is 32.1 Å². The predicted octanol–water partition coefficient (Wildman–Crippen LogP) is 1.49. The van der Waals surface area contributed by atoms with Crippen LogP contribution in [0.2, 0.25) is 0 Å². The van der Waals surface area contributed by atoms with E-state index in [9.17, 15) is 14.7 Å². The van der Waals surface area contributed by atoms with E-state index >= 15 is 0 Å². The van der Waals surface area contributed by atoms with E-state index in [0.717, 1.165) is 0 Å². The fraction of sp³-hybridized carbons (Fsp3) is 0.818. The van der Waals surface area contributed by atoms with Gasteiger partial charge in [-0.15, -0.1) is 0 Å². The molecule has 5 nitrogen and oxygen atoms in total. The molecule has 0 radical (unpaired) electrons. The molecule has 0 heterocycles. The summed E-state index contributed by atoms with van der Waals surface area (Å²) in [7, 11) is 0. The van der Waals surface area contributed by atoms with Crippen molar-refractivity contribution in [3.8, 4) is 0 Å². The lowest BCUT2D eigenvalue weighted by molar-refractivity contribution is -0.143. The Morgan fingerprint density at radius 2 is 1.75 bits per heavy atom. The van der Waals surface area contributed by atoms with Crippen LogP contribution >= 0.6 is 0 Å². The van der Waals surface area contributed by atoms with Gasteiger partial charge in [0.15, 0.2) is 0 Å². The molecule has 0 aromatic rings. The molecular weight excluding hydrogens is 212 g/mol. The van der Waals surface area contributed by atoms with E-state index in [1.54, 1.807) is 0 Å². The van der Waals surface area contributed by atoms with Crippen LogP contribution in [0.3, 0.4) is 0 Å². The Kier molecular flexibility index (Phi) is 7.54. The van der Waals surface area contributed by atoms with Gasteiger partial charge in [0.05, 0.1) is 12.0 Å². The van der Waals surface area contributed by atoms with Gasteiger partial charge in [-0.25, -0.2) is 0 Å². The molecule has 0 aliphatic rings. The second-order valence-corrected chi connectivity index (χ2v) is 3.96. The third kappa shape index (κ3) is 7.23. The molecule has 0 aliphatic carbocycles. The quantitative estimate of drug-likeness (QED) is 0.560. The van der Waals surface area contributed by atoms with E-state index < -0.39 is 24.0 Å². The Hall–Kier alpha value is -1.10. The van der Waals surface area contributed by atoms with Crippen molar-refractivity contribution in [1.29, 1.82) is 0 Å². The molecule has 5 heteroatoms. The first-order chi connectivity index (χ1) is 7.47. The van der Waals surface area contributed by atoms with Crippen LogP contribution in [0.25, 0.3) is 0 Å². The zero-order chi connectivity index (χ0) is 12.6. The molecule has 0 saturated heterocycles. The summed E-state index contributed by atoms with van der Waals surface area (Å²) in [6, 6.07) is 0. The molecule has 0 spiro atoms. The number of aliphatic hydroxyl groups is 1. The molecule has 16 heavy (non-hydrogen) atoms. The highest BCUT2D eigenvalue weighted by atomic mass is 16.4. The molecule has 2 atom stereocenters. The van der Waals surface area contributed by atoms with Gasteiger partial charge in [0.25, 0.3) is 0 Å².